The van der Waals surface area contributed by atoms with E-state index in [2.05, 4.69) is 27.0 Å². The molecule has 0 spiro atoms. The predicted molar refractivity (Wildman–Crippen MR) is 158 cm³/mol. The van der Waals surface area contributed by atoms with Crippen molar-refractivity contribution in [1.82, 2.24) is 24.1 Å². The normalized spacial score (nSPS) is 23.4. The molecule has 1 aromatic carbocycles. The van der Waals surface area contributed by atoms with E-state index in [1.54, 1.807) is 13.4 Å². The van der Waals surface area contributed by atoms with Gasteiger partial charge < -0.3 is 9.80 Å². The van der Waals surface area contributed by atoms with E-state index in [0.717, 1.165) is 81.0 Å². The van der Waals surface area contributed by atoms with Crippen molar-refractivity contribution in [3.8, 4) is 0 Å². The number of likely N-dealkylation sites (tertiary alicyclic amines) is 2. The van der Waals surface area contributed by atoms with Gasteiger partial charge >= 0.3 is 0 Å². The quantitative estimate of drug-likeness (QED) is 0.451. The van der Waals surface area contributed by atoms with E-state index in [1.165, 1.54) is 29.0 Å². The van der Waals surface area contributed by atoms with Crippen LogP contribution < -0.4 is 0 Å². The number of sulfonamides is 1. The van der Waals surface area contributed by atoms with Crippen LogP contribution >= 0.6 is 11.6 Å². The Kier molecular flexibility index (Phi) is 9.14. The van der Waals surface area contributed by atoms with Crippen LogP contribution in [0.1, 0.15) is 78.2 Å². The number of carbonyl (C=O) groups excluding carboxylic acids is 1. The van der Waals surface area contributed by atoms with Crippen LogP contribution in [-0.2, 0) is 16.4 Å². The highest BCUT2D eigenvalue weighted by molar-refractivity contribution is 7.88. The monoisotopic (exact) mass is 587 g/mol. The molecule has 3 heterocycles. The molecule has 0 radical (unpaired) electrons. The second kappa shape index (κ2) is 12.4. The molecule has 8 nitrogen and oxygen atoms in total. The number of aromatic nitrogens is 2. The van der Waals surface area contributed by atoms with Crippen molar-refractivity contribution < 1.29 is 13.2 Å². The zero-order valence-corrected chi connectivity index (χ0v) is 25.5. The van der Waals surface area contributed by atoms with Crippen molar-refractivity contribution in [2.75, 3.05) is 39.5 Å². The lowest BCUT2D eigenvalue weighted by Crippen LogP contribution is -2.52. The largest absolute Gasteiger partial charge is 0.337 e. The zero-order valence-electron chi connectivity index (χ0n) is 23.9. The first-order valence-electron chi connectivity index (χ1n) is 14.6. The highest BCUT2D eigenvalue weighted by atomic mass is 35.5. The van der Waals surface area contributed by atoms with Crippen LogP contribution in [0.3, 0.4) is 0 Å². The molecule has 3 fully saturated rings. The molecule has 218 valence electrons. The topological polar surface area (TPSA) is 86.7 Å². The van der Waals surface area contributed by atoms with Gasteiger partial charge in [0.15, 0.2) is 0 Å². The summed E-state index contributed by atoms with van der Waals surface area (Å²) in [5.74, 6) is 1.32. The average molecular weight is 588 g/mol. The third kappa shape index (κ3) is 6.69. The molecule has 0 bridgehead atoms. The van der Waals surface area contributed by atoms with Crippen LogP contribution in [0.4, 0.5) is 0 Å². The van der Waals surface area contributed by atoms with Gasteiger partial charge in [-0.1, -0.05) is 23.7 Å². The molecule has 2 aliphatic heterocycles. The van der Waals surface area contributed by atoms with Gasteiger partial charge in [0.2, 0.25) is 10.0 Å². The minimum atomic E-state index is -3.16. The maximum Gasteiger partial charge on any atom is 0.272 e. The lowest BCUT2D eigenvalue weighted by molar-refractivity contribution is 0.0542. The number of rotatable bonds is 8. The molecular weight excluding hydrogens is 546 g/mol. The summed E-state index contributed by atoms with van der Waals surface area (Å²) >= 11 is 6.03. The third-order valence-electron chi connectivity index (χ3n) is 9.56. The minimum absolute atomic E-state index is 0.0135. The first-order valence-corrected chi connectivity index (χ1v) is 16.8. The highest BCUT2D eigenvalue weighted by Crippen LogP contribution is 2.44. The van der Waals surface area contributed by atoms with Gasteiger partial charge in [-0.2, -0.15) is 0 Å². The molecule has 2 aromatic rings. The molecule has 2 saturated heterocycles. The van der Waals surface area contributed by atoms with Crippen LogP contribution in [0.15, 0.2) is 30.6 Å². The third-order valence-corrected chi connectivity index (χ3v) is 11.2. The Morgan fingerprint density at radius 2 is 1.68 bits per heavy atom. The molecule has 1 aromatic heterocycles. The van der Waals surface area contributed by atoms with Crippen LogP contribution in [0.5, 0.6) is 0 Å². The van der Waals surface area contributed by atoms with Gasteiger partial charge in [-0.3, -0.25) is 4.79 Å². The Morgan fingerprint density at radius 1 is 1.02 bits per heavy atom. The highest BCUT2D eigenvalue weighted by Gasteiger charge is 2.34. The molecule has 5 rings (SSSR count). The zero-order chi connectivity index (χ0) is 28.4. The summed E-state index contributed by atoms with van der Waals surface area (Å²) in [5, 5.41) is 0.783. The number of hydrogen-bond acceptors (Lipinski definition) is 6. The summed E-state index contributed by atoms with van der Waals surface area (Å²) in [5.41, 5.74) is 3.82. The summed E-state index contributed by atoms with van der Waals surface area (Å²) < 4.78 is 25.3. The van der Waals surface area contributed by atoms with E-state index in [-0.39, 0.29) is 11.9 Å². The van der Waals surface area contributed by atoms with E-state index < -0.39 is 10.0 Å². The number of nitrogens with zero attached hydrogens (tertiary/aromatic N) is 5. The predicted octanol–water partition coefficient (Wildman–Crippen LogP) is 4.53. The SMILES string of the molecule is Cc1c(CCC2CC(c3ccc(Cl)cc3)C2)ncnc1C(=O)N1CCC(N2CCC(N(C)S(C)(=O)=O)CC2)CC1. The van der Waals surface area contributed by atoms with E-state index in [9.17, 15) is 13.2 Å². The second-order valence-corrected chi connectivity index (χ2v) is 14.5. The molecular formula is C30H42ClN5O3S. The molecule has 0 atom stereocenters. The van der Waals surface area contributed by atoms with Gasteiger partial charge in [0, 0.05) is 48.5 Å². The summed E-state index contributed by atoms with van der Waals surface area (Å²) in [6.07, 6.45) is 10.8. The van der Waals surface area contributed by atoms with Crippen LogP contribution in [0.2, 0.25) is 5.02 Å². The van der Waals surface area contributed by atoms with Gasteiger partial charge in [0.25, 0.3) is 5.91 Å². The molecule has 1 amide bonds. The van der Waals surface area contributed by atoms with Gasteiger partial charge in [0.05, 0.1) is 6.26 Å². The number of piperidine rings is 2. The van der Waals surface area contributed by atoms with E-state index in [4.69, 9.17) is 11.6 Å². The second-order valence-electron chi connectivity index (χ2n) is 12.0. The van der Waals surface area contributed by atoms with Gasteiger partial charge in [0.1, 0.15) is 12.0 Å². The molecule has 3 aliphatic rings. The number of hydrogen-bond donors (Lipinski definition) is 0. The first kappa shape index (κ1) is 29.4. The Bertz CT molecular complexity index is 1280. The van der Waals surface area contributed by atoms with Crippen molar-refractivity contribution in [2.24, 2.45) is 5.92 Å². The minimum Gasteiger partial charge on any atom is -0.337 e. The number of amides is 1. The lowest BCUT2D eigenvalue weighted by atomic mass is 9.69. The number of carbonyl (C=O) groups is 1. The molecule has 1 aliphatic carbocycles. The summed E-state index contributed by atoms with van der Waals surface area (Å²) in [6.45, 7) is 5.24. The fraction of sp³-hybridized carbons (Fsp3) is 0.633. The standard InChI is InChI=1S/C30H42ClN5O3S/c1-21-28(9-4-22-18-24(19-22)23-5-7-25(31)8-6-23)32-20-33-29(21)30(37)36-16-12-27(13-17-36)35-14-10-26(11-15-35)34(2)40(3,38)39/h5-8,20,22,24,26-27H,4,9-19H2,1-3H3. The van der Waals surface area contributed by atoms with E-state index >= 15 is 0 Å². The van der Waals surface area contributed by atoms with Crippen molar-refractivity contribution >= 4 is 27.5 Å². The van der Waals surface area contributed by atoms with Crippen molar-refractivity contribution in [3.05, 3.63) is 58.1 Å². The lowest BCUT2D eigenvalue weighted by Gasteiger charge is -2.43. The van der Waals surface area contributed by atoms with E-state index in [1.807, 2.05) is 24.0 Å². The summed E-state index contributed by atoms with van der Waals surface area (Å²) in [7, 11) is -1.47. The Hall–Kier alpha value is -2.07. The molecule has 40 heavy (non-hydrogen) atoms. The number of aryl methyl sites for hydroxylation is 1. The first-order chi connectivity index (χ1) is 19.1. The van der Waals surface area contributed by atoms with Gasteiger partial charge in [-0.15, -0.1) is 0 Å². The maximum absolute atomic E-state index is 13.4. The van der Waals surface area contributed by atoms with Crippen molar-refractivity contribution in [2.45, 2.75) is 76.3 Å². The fourth-order valence-electron chi connectivity index (χ4n) is 6.74. The van der Waals surface area contributed by atoms with Gasteiger partial charge in [-0.25, -0.2) is 22.7 Å². The average Bonchev–Trinajstić information content (AvgIpc) is 2.93. The smallest absolute Gasteiger partial charge is 0.272 e. The van der Waals surface area contributed by atoms with Crippen LogP contribution in [-0.4, -0.2) is 90.0 Å². The van der Waals surface area contributed by atoms with Crippen LogP contribution in [0, 0.1) is 12.8 Å². The number of halogens is 1. The maximum atomic E-state index is 13.4. The Labute approximate surface area is 244 Å². The van der Waals surface area contributed by atoms with Gasteiger partial charge in [-0.05, 0) is 101 Å². The molecule has 1 saturated carbocycles. The Balaban J connectivity index is 1.09. The molecule has 0 unspecified atom stereocenters. The summed E-state index contributed by atoms with van der Waals surface area (Å²) in [6, 6.07) is 8.75. The van der Waals surface area contributed by atoms with Crippen molar-refractivity contribution in [1.29, 1.82) is 0 Å². The van der Waals surface area contributed by atoms with E-state index in [0.29, 0.717) is 23.6 Å². The molecule has 10 heteroatoms. The number of benzene rings is 1. The Morgan fingerprint density at radius 3 is 2.30 bits per heavy atom. The van der Waals surface area contributed by atoms with Crippen molar-refractivity contribution in [3.63, 3.8) is 0 Å². The fourth-order valence-corrected chi connectivity index (χ4v) is 7.62. The molecule has 0 N–H and O–H groups in total. The summed E-state index contributed by atoms with van der Waals surface area (Å²) in [4.78, 5) is 26.8. The van der Waals surface area contributed by atoms with Crippen LogP contribution in [0.25, 0.3) is 0 Å².